The second kappa shape index (κ2) is 6.33. The van der Waals surface area contributed by atoms with Crippen LogP contribution in [-0.4, -0.2) is 18.4 Å². The summed E-state index contributed by atoms with van der Waals surface area (Å²) in [4.78, 5) is 22.1. The van der Waals surface area contributed by atoms with Gasteiger partial charge in [-0.05, 0) is 22.8 Å². The van der Waals surface area contributed by atoms with E-state index in [1.807, 2.05) is 25.1 Å². The SMILES string of the molecule is CC(=O)OC(C=O)C(C)Cc1cccc2ccccc12. The standard InChI is InChI=1S/C17H18O3/c1-12(17(11-18)20-13(2)19)10-15-8-5-7-14-6-3-4-9-16(14)15/h3-9,11-12,17H,10H2,1-2H3. The van der Waals surface area contributed by atoms with Crippen LogP contribution < -0.4 is 0 Å². The second-order valence-electron chi connectivity index (χ2n) is 5.03. The summed E-state index contributed by atoms with van der Waals surface area (Å²) in [5.74, 6) is -0.478. The van der Waals surface area contributed by atoms with Crippen molar-refractivity contribution in [1.29, 1.82) is 0 Å². The van der Waals surface area contributed by atoms with Crippen molar-refractivity contribution in [3.8, 4) is 0 Å². The second-order valence-corrected chi connectivity index (χ2v) is 5.03. The third-order valence-electron chi connectivity index (χ3n) is 3.42. The number of carbonyl (C=O) groups excluding carboxylic acids is 2. The lowest BCUT2D eigenvalue weighted by molar-refractivity contribution is -0.152. The summed E-state index contributed by atoms with van der Waals surface area (Å²) in [6, 6.07) is 14.3. The Balaban J connectivity index is 2.23. The van der Waals surface area contributed by atoms with Gasteiger partial charge in [-0.15, -0.1) is 0 Å². The molecule has 2 aromatic rings. The summed E-state index contributed by atoms with van der Waals surface area (Å²) >= 11 is 0. The van der Waals surface area contributed by atoms with Crippen molar-refractivity contribution in [2.75, 3.05) is 0 Å². The van der Waals surface area contributed by atoms with E-state index in [-0.39, 0.29) is 5.92 Å². The van der Waals surface area contributed by atoms with Gasteiger partial charge in [-0.1, -0.05) is 49.4 Å². The largest absolute Gasteiger partial charge is 0.455 e. The highest BCUT2D eigenvalue weighted by atomic mass is 16.5. The number of hydrogen-bond acceptors (Lipinski definition) is 3. The molecule has 0 bridgehead atoms. The monoisotopic (exact) mass is 270 g/mol. The van der Waals surface area contributed by atoms with E-state index in [1.54, 1.807) is 0 Å². The molecule has 0 aliphatic heterocycles. The van der Waals surface area contributed by atoms with Gasteiger partial charge in [0.2, 0.25) is 0 Å². The third-order valence-corrected chi connectivity index (χ3v) is 3.42. The number of carbonyl (C=O) groups is 2. The van der Waals surface area contributed by atoms with Gasteiger partial charge in [0, 0.05) is 12.8 Å². The first-order valence-electron chi connectivity index (χ1n) is 6.71. The Morgan fingerprint density at radius 2 is 1.90 bits per heavy atom. The van der Waals surface area contributed by atoms with Crippen molar-refractivity contribution in [1.82, 2.24) is 0 Å². The Morgan fingerprint density at radius 1 is 1.20 bits per heavy atom. The molecule has 0 aromatic heterocycles. The first-order chi connectivity index (χ1) is 9.61. The van der Waals surface area contributed by atoms with Gasteiger partial charge in [-0.2, -0.15) is 0 Å². The molecular formula is C17H18O3. The van der Waals surface area contributed by atoms with Gasteiger partial charge < -0.3 is 4.74 Å². The Morgan fingerprint density at radius 3 is 2.60 bits per heavy atom. The smallest absolute Gasteiger partial charge is 0.303 e. The van der Waals surface area contributed by atoms with Crippen molar-refractivity contribution < 1.29 is 14.3 Å². The lowest BCUT2D eigenvalue weighted by Gasteiger charge is -2.19. The molecule has 0 radical (unpaired) electrons. The van der Waals surface area contributed by atoms with E-state index in [0.717, 1.165) is 5.56 Å². The predicted molar refractivity (Wildman–Crippen MR) is 78.4 cm³/mol. The van der Waals surface area contributed by atoms with Crippen LogP contribution in [0.5, 0.6) is 0 Å². The average Bonchev–Trinajstić information content (AvgIpc) is 2.45. The minimum atomic E-state index is -0.688. The molecule has 0 saturated heterocycles. The molecule has 0 heterocycles. The Labute approximate surface area is 118 Å². The van der Waals surface area contributed by atoms with Gasteiger partial charge in [0.15, 0.2) is 12.4 Å². The molecular weight excluding hydrogens is 252 g/mol. The van der Waals surface area contributed by atoms with Crippen LogP contribution in [0, 0.1) is 5.92 Å². The molecule has 0 N–H and O–H groups in total. The maximum atomic E-state index is 11.1. The third kappa shape index (κ3) is 3.23. The number of esters is 1. The maximum absolute atomic E-state index is 11.1. The van der Waals surface area contributed by atoms with E-state index < -0.39 is 12.1 Å². The lowest BCUT2D eigenvalue weighted by atomic mass is 9.93. The molecule has 3 heteroatoms. The Bertz CT molecular complexity index is 613. The molecule has 0 spiro atoms. The van der Waals surface area contributed by atoms with E-state index in [0.29, 0.717) is 12.7 Å². The minimum absolute atomic E-state index is 0.0535. The fourth-order valence-electron chi connectivity index (χ4n) is 2.40. The zero-order valence-electron chi connectivity index (χ0n) is 11.7. The van der Waals surface area contributed by atoms with Crippen LogP contribution in [0.3, 0.4) is 0 Å². The molecule has 2 atom stereocenters. The van der Waals surface area contributed by atoms with E-state index in [9.17, 15) is 9.59 Å². The number of ether oxygens (including phenoxy) is 1. The summed E-state index contributed by atoms with van der Waals surface area (Å²) in [5.41, 5.74) is 1.16. The highest BCUT2D eigenvalue weighted by molar-refractivity contribution is 5.85. The summed E-state index contributed by atoms with van der Waals surface area (Å²) in [6.07, 6.45) is 0.710. The summed E-state index contributed by atoms with van der Waals surface area (Å²) in [5, 5.41) is 2.35. The molecule has 0 aliphatic rings. The van der Waals surface area contributed by atoms with Crippen molar-refractivity contribution >= 4 is 23.0 Å². The molecule has 0 aliphatic carbocycles. The highest BCUT2D eigenvalue weighted by Gasteiger charge is 2.20. The number of hydrogen-bond donors (Lipinski definition) is 0. The first kappa shape index (κ1) is 14.3. The summed E-state index contributed by atoms with van der Waals surface area (Å²) in [6.45, 7) is 3.24. The lowest BCUT2D eigenvalue weighted by Crippen LogP contribution is -2.27. The van der Waals surface area contributed by atoms with Gasteiger partial charge in [0.1, 0.15) is 0 Å². The predicted octanol–water partition coefficient (Wildman–Crippen LogP) is 3.15. The van der Waals surface area contributed by atoms with E-state index in [2.05, 4.69) is 24.3 Å². The summed E-state index contributed by atoms with van der Waals surface area (Å²) in [7, 11) is 0. The van der Waals surface area contributed by atoms with Crippen LogP contribution in [0.1, 0.15) is 19.4 Å². The van der Waals surface area contributed by atoms with Crippen LogP contribution >= 0.6 is 0 Å². The average molecular weight is 270 g/mol. The van der Waals surface area contributed by atoms with Gasteiger partial charge >= 0.3 is 5.97 Å². The Hall–Kier alpha value is -2.16. The quantitative estimate of drug-likeness (QED) is 0.619. The molecule has 2 rings (SSSR count). The van der Waals surface area contributed by atoms with Crippen LogP contribution in [0.25, 0.3) is 10.8 Å². The van der Waals surface area contributed by atoms with Crippen LogP contribution in [0.4, 0.5) is 0 Å². The van der Waals surface area contributed by atoms with Crippen molar-refractivity contribution in [3.05, 3.63) is 48.0 Å². The van der Waals surface area contributed by atoms with Gasteiger partial charge in [0.05, 0.1) is 0 Å². The molecule has 0 saturated carbocycles. The number of benzene rings is 2. The topological polar surface area (TPSA) is 43.4 Å². The molecule has 3 nitrogen and oxygen atoms in total. The summed E-state index contributed by atoms with van der Waals surface area (Å²) < 4.78 is 5.04. The van der Waals surface area contributed by atoms with Crippen LogP contribution in [0.15, 0.2) is 42.5 Å². The fourth-order valence-corrected chi connectivity index (χ4v) is 2.40. The first-order valence-corrected chi connectivity index (χ1v) is 6.71. The molecule has 20 heavy (non-hydrogen) atoms. The molecule has 0 amide bonds. The molecule has 2 aromatic carbocycles. The number of fused-ring (bicyclic) bond motifs is 1. The highest BCUT2D eigenvalue weighted by Crippen LogP contribution is 2.22. The minimum Gasteiger partial charge on any atom is -0.455 e. The van der Waals surface area contributed by atoms with E-state index in [1.165, 1.54) is 17.7 Å². The zero-order valence-corrected chi connectivity index (χ0v) is 11.7. The van der Waals surface area contributed by atoms with E-state index >= 15 is 0 Å². The van der Waals surface area contributed by atoms with Crippen molar-refractivity contribution in [2.24, 2.45) is 5.92 Å². The normalized spacial score (nSPS) is 13.7. The fraction of sp³-hybridized carbons (Fsp3) is 0.294. The van der Waals surface area contributed by atoms with Crippen LogP contribution in [0.2, 0.25) is 0 Å². The molecule has 104 valence electrons. The molecule has 2 unspecified atom stereocenters. The van der Waals surface area contributed by atoms with Gasteiger partial charge in [0.25, 0.3) is 0 Å². The zero-order chi connectivity index (χ0) is 14.5. The number of rotatable bonds is 5. The van der Waals surface area contributed by atoms with Crippen LogP contribution in [-0.2, 0) is 20.7 Å². The Kier molecular flexibility index (Phi) is 4.51. The molecule has 0 fully saturated rings. The van der Waals surface area contributed by atoms with Gasteiger partial charge in [-0.25, -0.2) is 0 Å². The van der Waals surface area contributed by atoms with Crippen molar-refractivity contribution in [2.45, 2.75) is 26.4 Å². The maximum Gasteiger partial charge on any atom is 0.303 e. The van der Waals surface area contributed by atoms with Crippen molar-refractivity contribution in [3.63, 3.8) is 0 Å². The van der Waals surface area contributed by atoms with E-state index in [4.69, 9.17) is 4.74 Å². The number of aldehydes is 1. The van der Waals surface area contributed by atoms with Gasteiger partial charge in [-0.3, -0.25) is 9.59 Å².